The fourth-order valence-corrected chi connectivity index (χ4v) is 5.30. The predicted octanol–water partition coefficient (Wildman–Crippen LogP) is 3.16. The number of hydrogen-bond acceptors (Lipinski definition) is 4. The monoisotopic (exact) mass is 388 g/mol. The molecule has 2 aromatic carbocycles. The molecule has 2 aromatic rings. The van der Waals surface area contributed by atoms with E-state index in [1.807, 2.05) is 36.4 Å². The number of ether oxygens (including phenoxy) is 1. The van der Waals surface area contributed by atoms with E-state index in [-0.39, 0.29) is 6.04 Å². The highest BCUT2D eigenvalue weighted by Crippen LogP contribution is 2.31. The van der Waals surface area contributed by atoms with Gasteiger partial charge in [-0.15, -0.1) is 0 Å². The molecule has 6 heteroatoms. The quantitative estimate of drug-likeness (QED) is 0.670. The molecule has 1 saturated heterocycles. The second-order valence-corrected chi connectivity index (χ2v) is 8.76. The minimum absolute atomic E-state index is 0.197. The fraction of sp³-hybridized carbons (Fsp3) is 0.429. The van der Waals surface area contributed by atoms with Crippen molar-refractivity contribution in [3.63, 3.8) is 0 Å². The summed E-state index contributed by atoms with van der Waals surface area (Å²) in [5.41, 5.74) is 6.68. The molecule has 1 aliphatic heterocycles. The molecule has 0 unspecified atom stereocenters. The Hall–Kier alpha value is -1.73. The van der Waals surface area contributed by atoms with Crippen molar-refractivity contribution in [2.24, 2.45) is 5.73 Å². The van der Waals surface area contributed by atoms with E-state index >= 15 is 0 Å². The first kappa shape index (κ1) is 20.0. The van der Waals surface area contributed by atoms with Crippen molar-refractivity contribution in [2.45, 2.75) is 49.3 Å². The highest BCUT2D eigenvalue weighted by atomic mass is 32.2. The van der Waals surface area contributed by atoms with Crippen LogP contribution < -0.4 is 5.73 Å². The molecular weight excluding hydrogens is 360 g/mol. The minimum Gasteiger partial charge on any atom is -0.360 e. The van der Waals surface area contributed by atoms with Gasteiger partial charge in [-0.25, -0.2) is 8.42 Å². The molecule has 1 heterocycles. The largest absolute Gasteiger partial charge is 0.360 e. The summed E-state index contributed by atoms with van der Waals surface area (Å²) in [5, 5.41) is 0. The van der Waals surface area contributed by atoms with E-state index in [0.717, 1.165) is 24.8 Å². The summed E-state index contributed by atoms with van der Waals surface area (Å²) in [6, 6.07) is 18.4. The fourth-order valence-electron chi connectivity index (χ4n) is 3.56. The Morgan fingerprint density at radius 1 is 0.963 bits per heavy atom. The smallest absolute Gasteiger partial charge is 0.245 e. The zero-order valence-electron chi connectivity index (χ0n) is 15.5. The van der Waals surface area contributed by atoms with Crippen LogP contribution in [0.1, 0.15) is 31.2 Å². The van der Waals surface area contributed by atoms with Crippen LogP contribution in [0, 0.1) is 0 Å². The van der Waals surface area contributed by atoms with E-state index in [1.165, 1.54) is 0 Å². The highest BCUT2D eigenvalue weighted by Gasteiger charge is 2.42. The van der Waals surface area contributed by atoms with Gasteiger partial charge in [-0.3, -0.25) is 0 Å². The van der Waals surface area contributed by atoms with Crippen molar-refractivity contribution in [2.75, 3.05) is 13.2 Å². The van der Waals surface area contributed by atoms with Crippen molar-refractivity contribution >= 4 is 10.0 Å². The van der Waals surface area contributed by atoms with Gasteiger partial charge in [0.05, 0.1) is 17.5 Å². The Labute approximate surface area is 162 Å². The zero-order valence-corrected chi connectivity index (χ0v) is 16.4. The van der Waals surface area contributed by atoms with Gasteiger partial charge in [0, 0.05) is 0 Å². The molecule has 3 rings (SSSR count). The van der Waals surface area contributed by atoms with E-state index in [4.69, 9.17) is 10.5 Å². The standard InChI is InChI=1S/C21H28N2O3S/c22-15-9-3-8-14-21-23(27(24,25)20-12-6-2-7-13-20)19(17-26-21)16-18-10-4-1-5-11-18/h1-2,4-7,10-13,19,21H,3,8-9,14-17,22H2/t19-,21+/m1/s1. The third-order valence-corrected chi connectivity index (χ3v) is 6.87. The van der Waals surface area contributed by atoms with Gasteiger partial charge in [-0.05, 0) is 49.9 Å². The molecule has 1 aliphatic rings. The summed E-state index contributed by atoms with van der Waals surface area (Å²) in [4.78, 5) is 0.320. The van der Waals surface area contributed by atoms with Crippen LogP contribution in [0.25, 0.3) is 0 Å². The lowest BCUT2D eigenvalue weighted by Crippen LogP contribution is -2.43. The minimum atomic E-state index is -3.62. The zero-order chi connectivity index (χ0) is 19.1. The van der Waals surface area contributed by atoms with Gasteiger partial charge in [0.15, 0.2) is 0 Å². The molecule has 2 atom stereocenters. The molecule has 2 N–H and O–H groups in total. The highest BCUT2D eigenvalue weighted by molar-refractivity contribution is 7.89. The average Bonchev–Trinajstić information content (AvgIpc) is 3.10. The molecule has 146 valence electrons. The van der Waals surface area contributed by atoms with Crippen molar-refractivity contribution in [3.05, 3.63) is 66.2 Å². The van der Waals surface area contributed by atoms with Gasteiger partial charge in [-0.1, -0.05) is 55.0 Å². The van der Waals surface area contributed by atoms with Crippen molar-refractivity contribution in [1.29, 1.82) is 0 Å². The lowest BCUT2D eigenvalue weighted by molar-refractivity contribution is 0.0590. The van der Waals surface area contributed by atoms with E-state index < -0.39 is 16.3 Å². The Balaban J connectivity index is 1.82. The Kier molecular flexibility index (Phi) is 7.01. The first-order valence-electron chi connectivity index (χ1n) is 9.57. The number of rotatable bonds is 9. The van der Waals surface area contributed by atoms with Gasteiger partial charge in [0.25, 0.3) is 0 Å². The number of benzene rings is 2. The molecule has 27 heavy (non-hydrogen) atoms. The average molecular weight is 389 g/mol. The molecule has 0 spiro atoms. The van der Waals surface area contributed by atoms with Gasteiger partial charge < -0.3 is 10.5 Å². The first-order valence-corrected chi connectivity index (χ1v) is 11.0. The van der Waals surface area contributed by atoms with Crippen LogP contribution in [0.4, 0.5) is 0 Å². The molecule has 0 aliphatic carbocycles. The van der Waals surface area contributed by atoms with Crippen molar-refractivity contribution in [1.82, 2.24) is 4.31 Å². The molecule has 0 saturated carbocycles. The summed E-state index contributed by atoms with van der Waals surface area (Å²) < 4.78 is 34.3. The Morgan fingerprint density at radius 3 is 2.30 bits per heavy atom. The molecular formula is C21H28N2O3S. The van der Waals surface area contributed by atoms with Crippen LogP contribution in [0.2, 0.25) is 0 Å². The van der Waals surface area contributed by atoms with E-state index in [0.29, 0.717) is 30.9 Å². The molecule has 0 radical (unpaired) electrons. The predicted molar refractivity (Wildman–Crippen MR) is 107 cm³/mol. The molecule has 0 amide bonds. The maximum Gasteiger partial charge on any atom is 0.245 e. The van der Waals surface area contributed by atoms with Crippen LogP contribution >= 0.6 is 0 Å². The summed E-state index contributed by atoms with van der Waals surface area (Å²) in [7, 11) is -3.62. The van der Waals surface area contributed by atoms with E-state index in [1.54, 1.807) is 28.6 Å². The van der Waals surface area contributed by atoms with Gasteiger partial charge >= 0.3 is 0 Å². The van der Waals surface area contributed by atoms with Crippen LogP contribution in [0.15, 0.2) is 65.6 Å². The van der Waals surface area contributed by atoms with Gasteiger partial charge in [0.1, 0.15) is 6.23 Å². The third kappa shape index (κ3) is 4.96. The van der Waals surface area contributed by atoms with E-state index in [9.17, 15) is 8.42 Å². The van der Waals surface area contributed by atoms with Crippen molar-refractivity contribution in [3.8, 4) is 0 Å². The number of sulfonamides is 1. The topological polar surface area (TPSA) is 72.6 Å². The molecule has 5 nitrogen and oxygen atoms in total. The number of nitrogens with two attached hydrogens (primary N) is 1. The van der Waals surface area contributed by atoms with Crippen molar-refractivity contribution < 1.29 is 13.2 Å². The first-order chi connectivity index (χ1) is 13.1. The summed E-state index contributed by atoms with van der Waals surface area (Å²) in [6.07, 6.45) is 3.76. The summed E-state index contributed by atoms with van der Waals surface area (Å²) >= 11 is 0. The summed E-state index contributed by atoms with van der Waals surface area (Å²) in [6.45, 7) is 1.08. The third-order valence-electron chi connectivity index (χ3n) is 4.91. The number of hydrogen-bond donors (Lipinski definition) is 1. The number of nitrogens with zero attached hydrogens (tertiary/aromatic N) is 1. The normalized spacial score (nSPS) is 20.8. The second kappa shape index (κ2) is 9.46. The van der Waals surface area contributed by atoms with Crippen LogP contribution in [-0.4, -0.2) is 38.1 Å². The lowest BCUT2D eigenvalue weighted by atomic mass is 10.1. The van der Waals surface area contributed by atoms with Crippen LogP contribution in [-0.2, 0) is 21.2 Å². The maximum atomic E-state index is 13.4. The Bertz CT molecular complexity index is 797. The van der Waals surface area contributed by atoms with Gasteiger partial charge in [-0.2, -0.15) is 4.31 Å². The SMILES string of the molecule is NCCCCC[C@@H]1OC[C@@H](Cc2ccccc2)N1S(=O)(=O)c1ccccc1. The van der Waals surface area contributed by atoms with Crippen LogP contribution in [0.5, 0.6) is 0 Å². The lowest BCUT2D eigenvalue weighted by Gasteiger charge is -2.27. The molecule has 0 aromatic heterocycles. The molecule has 1 fully saturated rings. The summed E-state index contributed by atoms with van der Waals surface area (Å²) in [5.74, 6) is 0. The van der Waals surface area contributed by atoms with Crippen LogP contribution in [0.3, 0.4) is 0 Å². The van der Waals surface area contributed by atoms with E-state index in [2.05, 4.69) is 0 Å². The second-order valence-electron chi connectivity index (χ2n) is 6.92. The Morgan fingerprint density at radius 2 is 1.63 bits per heavy atom. The number of unbranched alkanes of at least 4 members (excludes halogenated alkanes) is 2. The maximum absolute atomic E-state index is 13.4. The molecule has 0 bridgehead atoms. The van der Waals surface area contributed by atoms with Gasteiger partial charge in [0.2, 0.25) is 10.0 Å².